The minimum absolute atomic E-state index is 0.196. The van der Waals surface area contributed by atoms with Crippen LogP contribution in [0.15, 0.2) is 33.6 Å². The highest BCUT2D eigenvalue weighted by Gasteiger charge is 2.35. The van der Waals surface area contributed by atoms with Gasteiger partial charge in [0.15, 0.2) is 5.84 Å². The molecule has 3 rings (SSSR count). The van der Waals surface area contributed by atoms with Crippen LogP contribution in [-0.4, -0.2) is 56.6 Å². The molecule has 8 nitrogen and oxygen atoms in total. The lowest BCUT2D eigenvalue weighted by molar-refractivity contribution is -0.131. The van der Waals surface area contributed by atoms with E-state index in [2.05, 4.69) is 15.0 Å². The van der Waals surface area contributed by atoms with Gasteiger partial charge in [-0.1, -0.05) is 19.1 Å². The van der Waals surface area contributed by atoms with Gasteiger partial charge in [0.25, 0.3) is 10.0 Å². The van der Waals surface area contributed by atoms with Crippen molar-refractivity contribution < 1.29 is 18.0 Å². The van der Waals surface area contributed by atoms with E-state index in [4.69, 9.17) is 0 Å². The smallest absolute Gasteiger partial charge is 0.285 e. The summed E-state index contributed by atoms with van der Waals surface area (Å²) in [6.07, 6.45) is 2.26. The zero-order chi connectivity index (χ0) is 20.3. The number of nitrogens with one attached hydrogen (secondary N) is 2. The van der Waals surface area contributed by atoms with E-state index >= 15 is 0 Å². The number of carbonyl (C=O) groups is 2. The summed E-state index contributed by atoms with van der Waals surface area (Å²) >= 11 is 0. The minimum atomic E-state index is -3.69. The molecular weight excluding hydrogens is 380 g/mol. The Labute approximate surface area is 165 Å². The van der Waals surface area contributed by atoms with Crippen LogP contribution in [0, 0.1) is 5.92 Å². The van der Waals surface area contributed by atoms with E-state index < -0.39 is 16.1 Å². The Kier molecular flexibility index (Phi) is 6.02. The molecule has 2 N–H and O–H groups in total. The number of likely N-dealkylation sites (tertiary alicyclic amines) is 1. The molecule has 152 valence electrons. The number of carbonyl (C=O) groups excluding carboxylic acids is 2. The third kappa shape index (κ3) is 4.19. The number of benzene rings is 1. The van der Waals surface area contributed by atoms with Gasteiger partial charge in [-0.15, -0.1) is 4.40 Å². The van der Waals surface area contributed by atoms with Gasteiger partial charge in [0.1, 0.15) is 10.9 Å². The third-order valence-electron chi connectivity index (χ3n) is 5.01. The Balaban J connectivity index is 1.68. The highest BCUT2D eigenvalue weighted by molar-refractivity contribution is 7.90. The molecule has 2 atom stereocenters. The van der Waals surface area contributed by atoms with Crippen molar-refractivity contribution in [1.82, 2.24) is 15.5 Å². The number of amides is 2. The molecule has 9 heteroatoms. The molecule has 28 heavy (non-hydrogen) atoms. The van der Waals surface area contributed by atoms with Crippen molar-refractivity contribution in [3.63, 3.8) is 0 Å². The summed E-state index contributed by atoms with van der Waals surface area (Å²) < 4.78 is 28.5. The predicted molar refractivity (Wildman–Crippen MR) is 105 cm³/mol. The molecule has 0 radical (unpaired) electrons. The summed E-state index contributed by atoms with van der Waals surface area (Å²) in [5.74, 6) is -0.322. The Morgan fingerprint density at radius 3 is 2.82 bits per heavy atom. The zero-order valence-electron chi connectivity index (χ0n) is 16.1. The molecule has 0 spiro atoms. The fraction of sp³-hybridized carbons (Fsp3) is 0.526. The first kappa shape index (κ1) is 20.3. The van der Waals surface area contributed by atoms with Crippen LogP contribution in [0.25, 0.3) is 0 Å². The van der Waals surface area contributed by atoms with Crippen molar-refractivity contribution in [3.8, 4) is 0 Å². The number of amidine groups is 1. The normalized spacial score (nSPS) is 21.4. The maximum absolute atomic E-state index is 12.6. The fourth-order valence-electron chi connectivity index (χ4n) is 3.50. The van der Waals surface area contributed by atoms with Gasteiger partial charge in [-0.25, -0.2) is 0 Å². The van der Waals surface area contributed by atoms with Crippen LogP contribution < -0.4 is 10.6 Å². The molecule has 2 amide bonds. The molecule has 0 saturated carbocycles. The van der Waals surface area contributed by atoms with Gasteiger partial charge >= 0.3 is 0 Å². The lowest BCUT2D eigenvalue weighted by Gasteiger charge is -2.33. The average Bonchev–Trinajstić information content (AvgIpc) is 2.97. The Bertz CT molecular complexity index is 897. The second-order valence-electron chi connectivity index (χ2n) is 7.19. The fourth-order valence-corrected chi connectivity index (χ4v) is 4.73. The number of piperidine rings is 1. The van der Waals surface area contributed by atoms with Crippen molar-refractivity contribution in [1.29, 1.82) is 0 Å². The summed E-state index contributed by atoms with van der Waals surface area (Å²) in [5.41, 5.74) is 0.580. The molecule has 2 heterocycles. The van der Waals surface area contributed by atoms with E-state index in [1.165, 1.54) is 0 Å². The summed E-state index contributed by atoms with van der Waals surface area (Å²) in [4.78, 5) is 26.7. The van der Waals surface area contributed by atoms with E-state index in [-0.39, 0.29) is 22.6 Å². The van der Waals surface area contributed by atoms with E-state index in [0.29, 0.717) is 37.5 Å². The number of fused-ring (bicyclic) bond motifs is 1. The molecule has 1 fully saturated rings. The first-order chi connectivity index (χ1) is 13.3. The monoisotopic (exact) mass is 406 g/mol. The molecule has 2 aliphatic rings. The van der Waals surface area contributed by atoms with Crippen LogP contribution in [0.1, 0.15) is 38.7 Å². The van der Waals surface area contributed by atoms with Gasteiger partial charge < -0.3 is 15.5 Å². The third-order valence-corrected chi connectivity index (χ3v) is 6.33. The highest BCUT2D eigenvalue weighted by atomic mass is 32.2. The molecule has 2 aliphatic heterocycles. The van der Waals surface area contributed by atoms with Gasteiger partial charge in [-0.05, 0) is 38.3 Å². The highest BCUT2D eigenvalue weighted by Crippen LogP contribution is 2.29. The molecule has 1 saturated heterocycles. The van der Waals surface area contributed by atoms with Crippen molar-refractivity contribution in [2.24, 2.45) is 10.3 Å². The topological polar surface area (TPSA) is 108 Å². The quantitative estimate of drug-likeness (QED) is 0.755. The van der Waals surface area contributed by atoms with Gasteiger partial charge in [-0.3, -0.25) is 9.59 Å². The van der Waals surface area contributed by atoms with Crippen LogP contribution in [0.4, 0.5) is 0 Å². The zero-order valence-corrected chi connectivity index (χ0v) is 17.0. The van der Waals surface area contributed by atoms with Gasteiger partial charge in [0.05, 0.1) is 5.92 Å². The number of hydrogen-bond acceptors (Lipinski definition) is 5. The van der Waals surface area contributed by atoms with Crippen molar-refractivity contribution in [2.45, 2.75) is 44.0 Å². The second-order valence-corrected chi connectivity index (χ2v) is 8.77. The number of sulfonamides is 1. The number of nitrogens with zero attached hydrogens (tertiary/aromatic N) is 2. The first-order valence-corrected chi connectivity index (χ1v) is 11.0. The van der Waals surface area contributed by atoms with E-state index in [1.807, 2.05) is 11.8 Å². The molecule has 1 aromatic carbocycles. The summed E-state index contributed by atoms with van der Waals surface area (Å²) in [6.45, 7) is 5.21. The lowest BCUT2D eigenvalue weighted by Crippen LogP contribution is -2.50. The number of hydrogen-bond donors (Lipinski definition) is 2. The maximum Gasteiger partial charge on any atom is 0.285 e. The average molecular weight is 407 g/mol. The molecule has 0 unspecified atom stereocenters. The van der Waals surface area contributed by atoms with Gasteiger partial charge in [0.2, 0.25) is 11.8 Å². The second kappa shape index (κ2) is 8.30. The summed E-state index contributed by atoms with van der Waals surface area (Å²) in [6, 6.07) is 6.13. The SMILES string of the molecule is CCCNC(=O)[C@@H](C)NC(=O)[C@H]1CCCN(C2=NS(=O)(=O)c3ccccc32)C1. The maximum atomic E-state index is 12.6. The first-order valence-electron chi connectivity index (χ1n) is 9.61. The Hall–Kier alpha value is -2.42. The van der Waals surface area contributed by atoms with Crippen LogP contribution in [0.2, 0.25) is 0 Å². The Morgan fingerprint density at radius 2 is 2.07 bits per heavy atom. The minimum Gasteiger partial charge on any atom is -0.355 e. The molecule has 0 aromatic heterocycles. The van der Waals surface area contributed by atoms with Crippen LogP contribution in [-0.2, 0) is 19.6 Å². The van der Waals surface area contributed by atoms with Crippen molar-refractivity contribution in [3.05, 3.63) is 29.8 Å². The van der Waals surface area contributed by atoms with Crippen LogP contribution in [0.3, 0.4) is 0 Å². The summed E-state index contributed by atoms with van der Waals surface area (Å²) in [5, 5.41) is 5.53. The molecule has 1 aromatic rings. The van der Waals surface area contributed by atoms with Crippen molar-refractivity contribution in [2.75, 3.05) is 19.6 Å². The largest absolute Gasteiger partial charge is 0.355 e. The predicted octanol–water partition coefficient (Wildman–Crippen LogP) is 0.878. The van der Waals surface area contributed by atoms with Crippen molar-refractivity contribution >= 4 is 27.7 Å². The van der Waals surface area contributed by atoms with Crippen LogP contribution in [0.5, 0.6) is 0 Å². The molecule has 0 aliphatic carbocycles. The van der Waals surface area contributed by atoms with Crippen LogP contribution >= 0.6 is 0 Å². The lowest BCUT2D eigenvalue weighted by atomic mass is 9.96. The molecular formula is C19H26N4O4S. The van der Waals surface area contributed by atoms with E-state index in [0.717, 1.165) is 12.8 Å². The van der Waals surface area contributed by atoms with Gasteiger partial charge in [-0.2, -0.15) is 8.42 Å². The summed E-state index contributed by atoms with van der Waals surface area (Å²) in [7, 11) is -3.69. The Morgan fingerprint density at radius 1 is 1.32 bits per heavy atom. The van der Waals surface area contributed by atoms with E-state index in [9.17, 15) is 18.0 Å². The number of rotatable bonds is 5. The standard InChI is InChI=1S/C19H26N4O4S/c1-3-10-20-18(24)13(2)21-19(25)14-7-6-11-23(12-14)17-15-8-4-5-9-16(15)28(26,27)22-17/h4-5,8-9,13-14H,3,6-7,10-12H2,1-2H3,(H,20,24)(H,21,25)/t13-,14+/m1/s1. The van der Waals surface area contributed by atoms with E-state index in [1.54, 1.807) is 31.2 Å². The molecule has 0 bridgehead atoms. The van der Waals surface area contributed by atoms with Gasteiger partial charge in [0, 0.05) is 25.2 Å².